The van der Waals surface area contributed by atoms with Crippen LogP contribution < -0.4 is 4.90 Å². The van der Waals surface area contributed by atoms with Gasteiger partial charge in [-0.3, -0.25) is 9.69 Å². The number of nitrogens with zero attached hydrogens (tertiary/aromatic N) is 4. The molecule has 0 saturated carbocycles. The summed E-state index contributed by atoms with van der Waals surface area (Å²) in [4.78, 5) is 19.7. The van der Waals surface area contributed by atoms with Gasteiger partial charge in [0.05, 0.1) is 29.4 Å². The molecule has 27 heavy (non-hydrogen) atoms. The average Bonchev–Trinajstić information content (AvgIpc) is 2.62. The Morgan fingerprint density at radius 2 is 1.67 bits per heavy atom. The van der Waals surface area contributed by atoms with Crippen LogP contribution in [0.5, 0.6) is 0 Å². The number of sulfonamides is 1. The third kappa shape index (κ3) is 3.76. The molecule has 1 fully saturated rings. The van der Waals surface area contributed by atoms with Gasteiger partial charge in [-0.1, -0.05) is 12.1 Å². The van der Waals surface area contributed by atoms with E-state index < -0.39 is 44.9 Å². The summed E-state index contributed by atoms with van der Waals surface area (Å²) in [5.41, 5.74) is -1.30. The first-order valence-electron chi connectivity index (χ1n) is 7.55. The van der Waals surface area contributed by atoms with Crippen LogP contribution in [0, 0.1) is 5.82 Å². The molecule has 0 spiro atoms. The van der Waals surface area contributed by atoms with Crippen molar-refractivity contribution in [3.05, 3.63) is 48.0 Å². The Balaban J connectivity index is 1.87. The van der Waals surface area contributed by atoms with Crippen LogP contribution in [0.1, 0.15) is 5.56 Å². The third-order valence-electron chi connectivity index (χ3n) is 3.84. The van der Waals surface area contributed by atoms with E-state index >= 15 is 0 Å². The maximum Gasteiger partial charge on any atom is 0.417 e. The zero-order valence-electron chi connectivity index (χ0n) is 13.5. The molecule has 1 aromatic carbocycles. The van der Waals surface area contributed by atoms with E-state index in [9.17, 15) is 30.8 Å². The minimum absolute atomic E-state index is 0.117. The van der Waals surface area contributed by atoms with E-state index in [1.54, 1.807) is 0 Å². The van der Waals surface area contributed by atoms with Gasteiger partial charge in [0.2, 0.25) is 21.9 Å². The molecule has 3 rings (SSSR count). The van der Waals surface area contributed by atoms with Crippen LogP contribution in [0.15, 0.2) is 41.6 Å². The van der Waals surface area contributed by atoms with E-state index in [1.165, 1.54) is 6.07 Å². The van der Waals surface area contributed by atoms with Gasteiger partial charge >= 0.3 is 6.18 Å². The van der Waals surface area contributed by atoms with Crippen molar-refractivity contribution in [3.8, 4) is 0 Å². The van der Waals surface area contributed by atoms with Gasteiger partial charge in [0.15, 0.2) is 5.82 Å². The highest BCUT2D eigenvalue weighted by atomic mass is 32.2. The van der Waals surface area contributed by atoms with Gasteiger partial charge in [-0.25, -0.2) is 22.8 Å². The smallest absolute Gasteiger partial charge is 0.278 e. The number of carbonyl (C=O) groups excluding carboxylic acids is 1. The summed E-state index contributed by atoms with van der Waals surface area (Å²) in [6.45, 7) is -1.13. The number of carbonyl (C=O) groups is 1. The minimum atomic E-state index is -4.86. The topological polar surface area (TPSA) is 83.5 Å². The van der Waals surface area contributed by atoms with Gasteiger partial charge in [0.1, 0.15) is 0 Å². The number of alkyl halides is 3. The van der Waals surface area contributed by atoms with Crippen LogP contribution in [-0.4, -0.2) is 48.2 Å². The number of benzene rings is 1. The van der Waals surface area contributed by atoms with Crippen molar-refractivity contribution >= 4 is 21.9 Å². The lowest BCUT2D eigenvalue weighted by atomic mass is 10.2. The van der Waals surface area contributed by atoms with Crippen molar-refractivity contribution < 1.29 is 30.8 Å². The second kappa shape index (κ2) is 6.85. The summed E-state index contributed by atoms with van der Waals surface area (Å²) in [5, 5.41) is 0. The summed E-state index contributed by atoms with van der Waals surface area (Å²) >= 11 is 0. The molecule has 1 aliphatic rings. The van der Waals surface area contributed by atoms with Crippen LogP contribution in [-0.2, 0) is 21.0 Å². The Hall–Kier alpha value is -2.60. The second-order valence-corrected chi connectivity index (χ2v) is 7.49. The normalized spacial score (nSPS) is 16.6. The quantitative estimate of drug-likeness (QED) is 0.727. The highest BCUT2D eigenvalue weighted by Gasteiger charge is 2.41. The fourth-order valence-corrected chi connectivity index (χ4v) is 4.17. The molecule has 1 amide bonds. The lowest BCUT2D eigenvalue weighted by Crippen LogP contribution is -2.53. The van der Waals surface area contributed by atoms with Crippen molar-refractivity contribution in [2.75, 3.05) is 24.5 Å². The minimum Gasteiger partial charge on any atom is -0.278 e. The second-order valence-electron chi connectivity index (χ2n) is 5.58. The summed E-state index contributed by atoms with van der Waals surface area (Å²) in [6, 6.07) is 3.76. The summed E-state index contributed by atoms with van der Waals surface area (Å²) in [7, 11) is -4.56. The number of amides is 1. The molecule has 2 heterocycles. The van der Waals surface area contributed by atoms with Crippen LogP contribution in [0.3, 0.4) is 0 Å². The van der Waals surface area contributed by atoms with Gasteiger partial charge in [-0.2, -0.15) is 17.5 Å². The predicted octanol–water partition coefficient (Wildman–Crippen LogP) is 1.67. The van der Waals surface area contributed by atoms with Crippen molar-refractivity contribution in [1.29, 1.82) is 0 Å². The highest BCUT2D eigenvalue weighted by molar-refractivity contribution is 7.89. The number of hydrogen-bond donors (Lipinski definition) is 0. The molecule has 2 aromatic rings. The largest absolute Gasteiger partial charge is 0.417 e. The average molecular weight is 404 g/mol. The Bertz CT molecular complexity index is 964. The Morgan fingerprint density at radius 1 is 1.04 bits per heavy atom. The first-order valence-corrected chi connectivity index (χ1v) is 8.99. The molecule has 1 aromatic heterocycles. The number of aromatic nitrogens is 2. The van der Waals surface area contributed by atoms with E-state index in [4.69, 9.17) is 0 Å². The van der Waals surface area contributed by atoms with Gasteiger partial charge in [-0.15, -0.1) is 0 Å². The Morgan fingerprint density at radius 3 is 2.26 bits per heavy atom. The zero-order valence-corrected chi connectivity index (χ0v) is 14.3. The Labute approximate surface area is 151 Å². The molecule has 144 valence electrons. The number of halogens is 4. The molecule has 1 aliphatic heterocycles. The van der Waals surface area contributed by atoms with E-state index in [0.717, 1.165) is 29.4 Å². The summed E-state index contributed by atoms with van der Waals surface area (Å²) in [6.07, 6.45) is -3.17. The Kier molecular flexibility index (Phi) is 4.86. The molecule has 0 unspecified atom stereocenters. The summed E-state index contributed by atoms with van der Waals surface area (Å²) < 4.78 is 78.3. The van der Waals surface area contributed by atoms with Gasteiger partial charge < -0.3 is 0 Å². The fraction of sp³-hybridized carbons (Fsp3) is 0.267. The first-order chi connectivity index (χ1) is 12.6. The van der Waals surface area contributed by atoms with Crippen molar-refractivity contribution in [2.45, 2.75) is 11.1 Å². The van der Waals surface area contributed by atoms with Crippen LogP contribution >= 0.6 is 0 Å². The lowest BCUT2D eigenvalue weighted by molar-refractivity contribution is -0.139. The van der Waals surface area contributed by atoms with E-state index in [1.807, 2.05) is 0 Å². The number of hydrogen-bond acceptors (Lipinski definition) is 5. The number of rotatable bonds is 3. The predicted molar refractivity (Wildman–Crippen MR) is 84.5 cm³/mol. The number of anilines is 1. The van der Waals surface area contributed by atoms with Crippen LogP contribution in [0.4, 0.5) is 23.5 Å². The molecule has 7 nitrogen and oxygen atoms in total. The van der Waals surface area contributed by atoms with E-state index in [0.29, 0.717) is 10.4 Å². The van der Waals surface area contributed by atoms with E-state index in [2.05, 4.69) is 9.97 Å². The van der Waals surface area contributed by atoms with Crippen molar-refractivity contribution in [2.24, 2.45) is 0 Å². The molecule has 0 aliphatic carbocycles. The standard InChI is InChI=1S/C15H12F4N4O3S/c16-10-7-20-14(21-8-10)23-6-5-22(9-13(23)24)27(25,26)12-4-2-1-3-11(12)15(17,18)19/h1-4,7-8H,5-6,9H2. The van der Waals surface area contributed by atoms with Gasteiger partial charge in [-0.05, 0) is 12.1 Å². The molecular formula is C15H12F4N4O3S. The fourth-order valence-electron chi connectivity index (χ4n) is 2.58. The molecule has 1 saturated heterocycles. The SMILES string of the molecule is O=C1CN(S(=O)(=O)c2ccccc2C(F)(F)F)CCN1c1ncc(F)cn1. The van der Waals surface area contributed by atoms with Gasteiger partial charge in [0, 0.05) is 13.1 Å². The lowest BCUT2D eigenvalue weighted by Gasteiger charge is -2.32. The highest BCUT2D eigenvalue weighted by Crippen LogP contribution is 2.35. The molecule has 0 radical (unpaired) electrons. The van der Waals surface area contributed by atoms with Crippen molar-refractivity contribution in [3.63, 3.8) is 0 Å². The van der Waals surface area contributed by atoms with Gasteiger partial charge in [0.25, 0.3) is 0 Å². The first kappa shape index (κ1) is 19.2. The monoisotopic (exact) mass is 404 g/mol. The van der Waals surface area contributed by atoms with Crippen molar-refractivity contribution in [1.82, 2.24) is 14.3 Å². The molecule has 12 heteroatoms. The molecular weight excluding hydrogens is 392 g/mol. The van der Waals surface area contributed by atoms with Crippen LogP contribution in [0.2, 0.25) is 0 Å². The molecule has 0 bridgehead atoms. The summed E-state index contributed by atoms with van der Waals surface area (Å²) in [5.74, 6) is -1.56. The van der Waals surface area contributed by atoms with Crippen LogP contribution in [0.25, 0.3) is 0 Å². The molecule has 0 N–H and O–H groups in total. The maximum atomic E-state index is 13.1. The van der Waals surface area contributed by atoms with E-state index in [-0.39, 0.29) is 19.0 Å². The zero-order chi connectivity index (χ0) is 19.8. The number of piperazine rings is 1. The maximum absolute atomic E-state index is 13.1. The third-order valence-corrected chi connectivity index (χ3v) is 5.75. The molecule has 0 atom stereocenters.